The maximum atomic E-state index is 5.30. The van der Waals surface area contributed by atoms with Crippen LogP contribution in [-0.2, 0) is 0 Å². The summed E-state index contributed by atoms with van der Waals surface area (Å²) in [6, 6.07) is 74.9. The van der Waals surface area contributed by atoms with Crippen LogP contribution < -0.4 is 4.90 Å². The maximum absolute atomic E-state index is 5.30. The van der Waals surface area contributed by atoms with Crippen molar-refractivity contribution in [3.8, 4) is 67.5 Å². The molecular formula is C57H40N4S. The molecular weight excluding hydrogens is 773 g/mol. The molecule has 0 radical (unpaired) electrons. The van der Waals surface area contributed by atoms with Crippen LogP contribution in [0.2, 0.25) is 0 Å². The van der Waals surface area contributed by atoms with Gasteiger partial charge in [0.1, 0.15) is 0 Å². The van der Waals surface area contributed by atoms with Gasteiger partial charge in [0.2, 0.25) is 0 Å². The summed E-state index contributed by atoms with van der Waals surface area (Å²) < 4.78 is 0. The average molecular weight is 813 g/mol. The molecule has 0 N–H and O–H groups in total. The summed E-state index contributed by atoms with van der Waals surface area (Å²) in [5.74, 6) is 1.90. The van der Waals surface area contributed by atoms with Gasteiger partial charge in [0.15, 0.2) is 17.5 Å². The van der Waals surface area contributed by atoms with Gasteiger partial charge < -0.3 is 4.90 Å². The van der Waals surface area contributed by atoms with Crippen LogP contribution in [0.5, 0.6) is 0 Å². The molecule has 0 spiro atoms. The molecule has 0 fully saturated rings. The summed E-state index contributed by atoms with van der Waals surface area (Å²) in [4.78, 5) is 20.7. The highest BCUT2D eigenvalue weighted by Crippen LogP contribution is 2.52. The summed E-state index contributed by atoms with van der Waals surface area (Å²) in [7, 11) is 0. The fraction of sp³-hybridized carbons (Fsp3) is 0.0351. The minimum Gasteiger partial charge on any atom is -0.312 e. The van der Waals surface area contributed by atoms with E-state index in [0.717, 1.165) is 51.8 Å². The van der Waals surface area contributed by atoms with Gasteiger partial charge in [-0.2, -0.15) is 0 Å². The van der Waals surface area contributed by atoms with Gasteiger partial charge in [-0.3, -0.25) is 0 Å². The number of benzene rings is 8. The molecule has 0 atom stereocenters. The topological polar surface area (TPSA) is 41.9 Å². The number of para-hydroxylation sites is 2. The molecule has 1 aliphatic carbocycles. The predicted molar refractivity (Wildman–Crippen MR) is 258 cm³/mol. The van der Waals surface area contributed by atoms with Crippen LogP contribution in [0.1, 0.15) is 18.4 Å². The zero-order chi connectivity index (χ0) is 41.2. The minimum atomic E-state index is 0.629. The number of hydrogen-bond donors (Lipinski definition) is 0. The van der Waals surface area contributed by atoms with Crippen molar-refractivity contribution in [3.63, 3.8) is 0 Å². The molecule has 0 unspecified atom stereocenters. The lowest BCUT2D eigenvalue weighted by atomic mass is 9.87. The first-order valence-corrected chi connectivity index (χ1v) is 21.9. The molecule has 9 aromatic rings. The molecule has 2 aliphatic rings. The van der Waals surface area contributed by atoms with Crippen LogP contribution in [0.25, 0.3) is 73.1 Å². The quantitative estimate of drug-likeness (QED) is 0.153. The molecule has 0 bridgehead atoms. The van der Waals surface area contributed by atoms with Gasteiger partial charge in [-0.05, 0) is 99.8 Å². The highest BCUT2D eigenvalue weighted by atomic mass is 32.2. The fourth-order valence-corrected chi connectivity index (χ4v) is 9.81. The van der Waals surface area contributed by atoms with Crippen LogP contribution in [-0.4, -0.2) is 15.0 Å². The Morgan fingerprint density at radius 2 is 0.823 bits per heavy atom. The Hall–Kier alpha value is -7.60. The van der Waals surface area contributed by atoms with Crippen LogP contribution in [0.4, 0.5) is 11.4 Å². The molecule has 0 amide bonds. The third-order valence-corrected chi connectivity index (χ3v) is 12.8. The van der Waals surface area contributed by atoms with Gasteiger partial charge in [0.25, 0.3) is 0 Å². The molecule has 4 nitrogen and oxygen atoms in total. The second-order valence-electron chi connectivity index (χ2n) is 15.5. The molecule has 0 saturated heterocycles. The molecule has 1 aliphatic heterocycles. The van der Waals surface area contributed by atoms with Crippen LogP contribution in [0, 0.1) is 0 Å². The van der Waals surface area contributed by atoms with E-state index in [-0.39, 0.29) is 0 Å². The van der Waals surface area contributed by atoms with Gasteiger partial charge in [-0.15, -0.1) is 0 Å². The summed E-state index contributed by atoms with van der Waals surface area (Å²) in [5.41, 5.74) is 16.0. The lowest BCUT2D eigenvalue weighted by Gasteiger charge is -2.37. The zero-order valence-electron chi connectivity index (χ0n) is 33.9. The van der Waals surface area contributed by atoms with Crippen molar-refractivity contribution in [3.05, 3.63) is 235 Å². The smallest absolute Gasteiger partial charge is 0.164 e. The third kappa shape index (κ3) is 7.23. The standard InChI is InChI=1S/C57H40N4S/c1-6-18-39(19-7-1)47-33-30-44(36-49(47)41-22-10-3-11-23-41)56-58-55(42-24-12-4-13-25-42)59-57(60-56)45-31-34-48(40-20-8-2-9-21-40)50(37-45)43-32-35-52-54(38-43)62-53-29-17-16-28-51(53)61(52)46-26-14-5-15-27-46/h1-31,33-34,36-38H,32,35H2. The Kier molecular flexibility index (Phi) is 9.93. The Bertz CT molecular complexity index is 3130. The van der Waals surface area contributed by atoms with Gasteiger partial charge >= 0.3 is 0 Å². The van der Waals surface area contributed by atoms with E-state index in [9.17, 15) is 0 Å². The Morgan fingerprint density at radius 1 is 0.371 bits per heavy atom. The second kappa shape index (κ2) is 16.5. The van der Waals surface area contributed by atoms with Crippen molar-refractivity contribution in [1.29, 1.82) is 0 Å². The van der Waals surface area contributed by atoms with Crippen LogP contribution in [0.3, 0.4) is 0 Å². The lowest BCUT2D eigenvalue weighted by Crippen LogP contribution is -2.22. The van der Waals surface area contributed by atoms with Crippen LogP contribution >= 0.6 is 11.8 Å². The van der Waals surface area contributed by atoms with Crippen molar-refractivity contribution in [2.45, 2.75) is 17.7 Å². The Morgan fingerprint density at radius 3 is 1.40 bits per heavy atom. The van der Waals surface area contributed by atoms with Crippen molar-refractivity contribution in [2.75, 3.05) is 4.90 Å². The number of anilines is 2. The highest BCUT2D eigenvalue weighted by molar-refractivity contribution is 8.03. The molecule has 294 valence electrons. The Balaban J connectivity index is 1.07. The number of rotatable bonds is 8. The number of fused-ring (bicyclic) bond motifs is 1. The van der Waals surface area contributed by atoms with E-state index in [2.05, 4.69) is 205 Å². The molecule has 11 rings (SSSR count). The molecule has 0 saturated carbocycles. The first kappa shape index (κ1) is 37.4. The molecule has 2 heterocycles. The van der Waals surface area contributed by atoms with E-state index in [1.807, 2.05) is 30.0 Å². The van der Waals surface area contributed by atoms with E-state index in [1.54, 1.807) is 0 Å². The van der Waals surface area contributed by atoms with E-state index in [4.69, 9.17) is 15.0 Å². The summed E-state index contributed by atoms with van der Waals surface area (Å²) >= 11 is 1.87. The number of nitrogens with zero attached hydrogens (tertiary/aromatic N) is 4. The van der Waals surface area contributed by atoms with Gasteiger partial charge in [-0.1, -0.05) is 188 Å². The second-order valence-corrected chi connectivity index (χ2v) is 16.6. The third-order valence-electron chi connectivity index (χ3n) is 11.7. The average Bonchev–Trinajstić information content (AvgIpc) is 3.36. The first-order chi connectivity index (χ1) is 30.7. The monoisotopic (exact) mass is 812 g/mol. The Labute approximate surface area is 366 Å². The predicted octanol–water partition coefficient (Wildman–Crippen LogP) is 15.2. The molecule has 1 aromatic heterocycles. The van der Waals surface area contributed by atoms with Crippen molar-refractivity contribution in [2.24, 2.45) is 0 Å². The van der Waals surface area contributed by atoms with E-state index < -0.39 is 0 Å². The first-order valence-electron chi connectivity index (χ1n) is 21.1. The van der Waals surface area contributed by atoms with Gasteiger partial charge in [-0.25, -0.2) is 15.0 Å². The summed E-state index contributed by atoms with van der Waals surface area (Å²) in [6.45, 7) is 0. The van der Waals surface area contributed by atoms with Crippen molar-refractivity contribution >= 4 is 28.7 Å². The van der Waals surface area contributed by atoms with Gasteiger partial charge in [0.05, 0.1) is 5.69 Å². The largest absolute Gasteiger partial charge is 0.312 e. The summed E-state index contributed by atoms with van der Waals surface area (Å²) in [6.07, 6.45) is 4.23. The van der Waals surface area contributed by atoms with Crippen molar-refractivity contribution in [1.82, 2.24) is 15.0 Å². The SMILES string of the molecule is C1=C(c2cc(-c3nc(-c4ccccc4)nc(-c4ccc(-c5ccccc5)c(-c5ccccc5)c4)n3)ccc2-c2ccccc2)CCC2=C1Sc1ccccc1N2c1ccccc1. The highest BCUT2D eigenvalue weighted by Gasteiger charge is 2.30. The number of allylic oxidation sites excluding steroid dienone is 3. The van der Waals surface area contributed by atoms with E-state index in [1.165, 1.54) is 49.1 Å². The summed E-state index contributed by atoms with van der Waals surface area (Å²) in [5, 5.41) is 0. The number of hydrogen-bond acceptors (Lipinski definition) is 5. The molecule has 62 heavy (non-hydrogen) atoms. The van der Waals surface area contributed by atoms with Crippen LogP contribution in [0.15, 0.2) is 234 Å². The number of aromatic nitrogens is 3. The minimum absolute atomic E-state index is 0.629. The van der Waals surface area contributed by atoms with E-state index in [0.29, 0.717) is 17.5 Å². The zero-order valence-corrected chi connectivity index (χ0v) is 34.7. The van der Waals surface area contributed by atoms with Crippen molar-refractivity contribution < 1.29 is 0 Å². The maximum Gasteiger partial charge on any atom is 0.164 e. The fourth-order valence-electron chi connectivity index (χ4n) is 8.66. The normalized spacial score (nSPS) is 13.3. The van der Waals surface area contributed by atoms with Gasteiger partial charge in [0, 0.05) is 37.9 Å². The number of thioether (sulfide) groups is 1. The lowest BCUT2D eigenvalue weighted by molar-refractivity contribution is 0.915. The van der Waals surface area contributed by atoms with E-state index >= 15 is 0 Å². The molecule has 5 heteroatoms. The molecule has 8 aromatic carbocycles.